The van der Waals surface area contributed by atoms with Gasteiger partial charge in [-0.15, -0.1) is 0 Å². The predicted molar refractivity (Wildman–Crippen MR) is 125 cm³/mol. The van der Waals surface area contributed by atoms with E-state index in [-0.39, 0.29) is 17.5 Å². The van der Waals surface area contributed by atoms with Crippen molar-refractivity contribution in [3.63, 3.8) is 0 Å². The van der Waals surface area contributed by atoms with E-state index in [1.807, 2.05) is 24.3 Å². The Balaban J connectivity index is 1.78. The van der Waals surface area contributed by atoms with Gasteiger partial charge in [-0.3, -0.25) is 19.7 Å². The molecular weight excluding hydrogens is 444 g/mol. The van der Waals surface area contributed by atoms with Crippen LogP contribution < -0.4 is 5.56 Å². The number of carbonyl (C=O) groups is 2. The number of nitrogens with zero attached hydrogens (tertiary/aromatic N) is 3. The van der Waals surface area contributed by atoms with E-state index in [9.17, 15) is 14.4 Å². The summed E-state index contributed by atoms with van der Waals surface area (Å²) in [4.78, 5) is 46.0. The van der Waals surface area contributed by atoms with Gasteiger partial charge < -0.3 is 9.47 Å². The number of aliphatic imine (C=N–C) groups is 1. The number of thiazole rings is 1. The first kappa shape index (κ1) is 22.2. The molecule has 33 heavy (non-hydrogen) atoms. The van der Waals surface area contributed by atoms with Crippen LogP contribution in [0, 0.1) is 0 Å². The average Bonchev–Trinajstić information content (AvgIpc) is 3.39. The van der Waals surface area contributed by atoms with Crippen LogP contribution in [0.25, 0.3) is 15.3 Å². The van der Waals surface area contributed by atoms with Crippen LogP contribution in [0.5, 0.6) is 0 Å². The topological polar surface area (TPSA) is 116 Å². The van der Waals surface area contributed by atoms with Gasteiger partial charge in [-0.2, -0.15) is 4.68 Å². The first-order valence-corrected chi connectivity index (χ1v) is 10.7. The maximum atomic E-state index is 13.4. The van der Waals surface area contributed by atoms with Gasteiger partial charge >= 0.3 is 11.9 Å². The molecule has 9 nitrogen and oxygen atoms in total. The van der Waals surface area contributed by atoms with Crippen molar-refractivity contribution in [1.82, 2.24) is 14.8 Å². The van der Waals surface area contributed by atoms with Crippen molar-refractivity contribution in [1.29, 1.82) is 0 Å². The Morgan fingerprint density at radius 2 is 1.82 bits per heavy atom. The van der Waals surface area contributed by atoms with Gasteiger partial charge in [0.15, 0.2) is 0 Å². The molecule has 1 N–H and O–H groups in total. The Labute approximate surface area is 192 Å². The summed E-state index contributed by atoms with van der Waals surface area (Å²) in [6, 6.07) is 14.0. The fourth-order valence-corrected chi connectivity index (χ4v) is 4.26. The molecule has 10 heteroatoms. The van der Waals surface area contributed by atoms with Gasteiger partial charge in [0.2, 0.25) is 5.13 Å². The van der Waals surface area contributed by atoms with Crippen molar-refractivity contribution >= 4 is 44.9 Å². The number of H-pyrrole nitrogens is 1. The number of aromatic nitrogens is 3. The second-order valence-electron chi connectivity index (χ2n) is 7.06. The van der Waals surface area contributed by atoms with Crippen LogP contribution in [0.3, 0.4) is 0 Å². The van der Waals surface area contributed by atoms with Gasteiger partial charge in [-0.05, 0) is 43.3 Å². The van der Waals surface area contributed by atoms with Crippen LogP contribution >= 0.6 is 11.3 Å². The van der Waals surface area contributed by atoms with Gasteiger partial charge in [0.05, 0.1) is 59.1 Å². The number of ether oxygens (including phenoxy) is 2. The Kier molecular flexibility index (Phi) is 6.18. The molecule has 168 valence electrons. The van der Waals surface area contributed by atoms with Crippen molar-refractivity contribution in [3.8, 4) is 5.13 Å². The molecule has 0 atom stereocenters. The van der Waals surface area contributed by atoms with E-state index >= 15 is 0 Å². The van der Waals surface area contributed by atoms with Crippen molar-refractivity contribution in [2.45, 2.75) is 13.3 Å². The number of benzene rings is 2. The van der Waals surface area contributed by atoms with Crippen molar-refractivity contribution in [2.24, 2.45) is 4.99 Å². The number of nitrogens with one attached hydrogen (secondary N) is 1. The molecule has 0 amide bonds. The number of esters is 2. The molecule has 0 spiro atoms. The molecular formula is C23H20N4O5S. The van der Waals surface area contributed by atoms with Crippen LogP contribution in [-0.2, 0) is 20.7 Å². The third-order valence-electron chi connectivity index (χ3n) is 4.94. The predicted octanol–water partition coefficient (Wildman–Crippen LogP) is 3.42. The number of carbonyl (C=O) groups excluding carboxylic acids is 2. The zero-order valence-corrected chi connectivity index (χ0v) is 18.9. The second kappa shape index (κ2) is 9.21. The van der Waals surface area contributed by atoms with Crippen molar-refractivity contribution in [3.05, 3.63) is 75.7 Å². The average molecular weight is 465 g/mol. The molecule has 0 saturated heterocycles. The maximum Gasteiger partial charge on any atom is 0.337 e. The number of hydrogen-bond donors (Lipinski definition) is 1. The Morgan fingerprint density at radius 1 is 1.09 bits per heavy atom. The number of aromatic amines is 1. The molecule has 0 radical (unpaired) electrons. The number of fused-ring (bicyclic) bond motifs is 1. The molecule has 2 aromatic carbocycles. The molecule has 2 aromatic heterocycles. The highest BCUT2D eigenvalue weighted by Gasteiger charge is 2.22. The van der Waals surface area contributed by atoms with E-state index in [4.69, 9.17) is 9.47 Å². The molecule has 0 aliphatic carbocycles. The SMILES string of the molecule is COC(=O)Cc1[nH]n(-c2nc3ccccc3s2)c(=O)c1C(C)=Nc1ccc(C(=O)OC)cc1. The first-order valence-electron chi connectivity index (χ1n) is 9.92. The van der Waals surface area contributed by atoms with Gasteiger partial charge in [0.25, 0.3) is 5.56 Å². The third kappa shape index (κ3) is 4.46. The van der Waals surface area contributed by atoms with Gasteiger partial charge in [-0.1, -0.05) is 23.5 Å². The summed E-state index contributed by atoms with van der Waals surface area (Å²) in [7, 11) is 2.60. The number of hydrogen-bond acceptors (Lipinski definition) is 8. The lowest BCUT2D eigenvalue weighted by Gasteiger charge is -2.03. The van der Waals surface area contributed by atoms with Crippen LogP contribution in [0.4, 0.5) is 5.69 Å². The summed E-state index contributed by atoms with van der Waals surface area (Å²) >= 11 is 1.35. The zero-order chi connectivity index (χ0) is 23.5. The van der Waals surface area contributed by atoms with Gasteiger partial charge in [0, 0.05) is 0 Å². The zero-order valence-electron chi connectivity index (χ0n) is 18.1. The van der Waals surface area contributed by atoms with E-state index in [1.165, 1.54) is 30.2 Å². The first-order chi connectivity index (χ1) is 15.9. The molecule has 0 bridgehead atoms. The molecule has 0 aliphatic rings. The van der Waals surface area contributed by atoms with E-state index in [1.54, 1.807) is 31.2 Å². The Bertz CT molecular complexity index is 1400. The molecule has 0 saturated carbocycles. The summed E-state index contributed by atoms with van der Waals surface area (Å²) in [5.74, 6) is -0.948. The standard InChI is InChI=1S/C23H20N4O5S/c1-13(24-15-10-8-14(9-11-15)22(30)32-3)20-17(12-19(28)31-2)26-27(21(20)29)23-25-16-6-4-5-7-18(16)33-23/h4-11,26H,12H2,1-3H3. The fourth-order valence-electron chi connectivity index (χ4n) is 3.33. The summed E-state index contributed by atoms with van der Waals surface area (Å²) in [5.41, 5.74) is 2.36. The third-order valence-corrected chi connectivity index (χ3v) is 5.96. The van der Waals surface area contributed by atoms with E-state index < -0.39 is 11.9 Å². The molecule has 0 fully saturated rings. The summed E-state index contributed by atoms with van der Waals surface area (Å²) in [5, 5.41) is 3.45. The van der Waals surface area contributed by atoms with Crippen LogP contribution in [0.15, 0.2) is 58.3 Å². The maximum absolute atomic E-state index is 13.4. The number of methoxy groups -OCH3 is 2. The Hall–Kier alpha value is -4.05. The molecule has 0 aliphatic heterocycles. The highest BCUT2D eigenvalue weighted by molar-refractivity contribution is 7.20. The monoisotopic (exact) mass is 464 g/mol. The van der Waals surface area contributed by atoms with E-state index in [0.717, 1.165) is 10.2 Å². The molecule has 0 unspecified atom stereocenters. The van der Waals surface area contributed by atoms with Crippen LogP contribution in [0.1, 0.15) is 28.5 Å². The molecule has 4 aromatic rings. The quantitative estimate of drug-likeness (QED) is 0.345. The largest absolute Gasteiger partial charge is 0.469 e. The summed E-state index contributed by atoms with van der Waals surface area (Å²) in [6.07, 6.45) is -0.132. The fraction of sp³-hybridized carbons (Fsp3) is 0.174. The number of para-hydroxylation sites is 1. The minimum Gasteiger partial charge on any atom is -0.469 e. The molecule has 4 rings (SSSR count). The Morgan fingerprint density at radius 3 is 2.48 bits per heavy atom. The minimum atomic E-state index is -0.496. The highest BCUT2D eigenvalue weighted by Crippen LogP contribution is 2.24. The van der Waals surface area contributed by atoms with E-state index in [0.29, 0.717) is 27.8 Å². The summed E-state index contributed by atoms with van der Waals surface area (Å²) < 4.78 is 11.7. The lowest BCUT2D eigenvalue weighted by molar-refractivity contribution is -0.139. The second-order valence-corrected chi connectivity index (χ2v) is 8.07. The lowest BCUT2D eigenvalue weighted by atomic mass is 10.1. The van der Waals surface area contributed by atoms with Gasteiger partial charge in [-0.25, -0.2) is 9.78 Å². The van der Waals surface area contributed by atoms with Gasteiger partial charge in [0.1, 0.15) is 0 Å². The van der Waals surface area contributed by atoms with E-state index in [2.05, 4.69) is 15.1 Å². The van der Waals surface area contributed by atoms with Crippen LogP contribution in [0.2, 0.25) is 0 Å². The van der Waals surface area contributed by atoms with Crippen molar-refractivity contribution in [2.75, 3.05) is 14.2 Å². The highest BCUT2D eigenvalue weighted by atomic mass is 32.1. The minimum absolute atomic E-state index is 0.132. The van der Waals surface area contributed by atoms with Crippen LogP contribution in [-0.4, -0.2) is 46.6 Å². The van der Waals surface area contributed by atoms with Crippen molar-refractivity contribution < 1.29 is 19.1 Å². The lowest BCUT2D eigenvalue weighted by Crippen LogP contribution is -2.20. The molecule has 2 heterocycles. The summed E-state index contributed by atoms with van der Waals surface area (Å²) in [6.45, 7) is 1.68. The normalized spacial score (nSPS) is 11.5. The number of rotatable bonds is 6. The smallest absolute Gasteiger partial charge is 0.337 e.